The van der Waals surface area contributed by atoms with Crippen molar-refractivity contribution in [2.45, 2.75) is 19.6 Å². The molecule has 7 nitrogen and oxygen atoms in total. The molecule has 3 amide bonds. The molecule has 0 aliphatic carbocycles. The van der Waals surface area contributed by atoms with Gasteiger partial charge in [0, 0.05) is 15.1 Å². The predicted molar refractivity (Wildman–Crippen MR) is 106 cm³/mol. The summed E-state index contributed by atoms with van der Waals surface area (Å²) in [6.45, 7) is 1.46. The van der Waals surface area contributed by atoms with Gasteiger partial charge in [-0.3, -0.25) is 10.1 Å². The lowest BCUT2D eigenvalue weighted by atomic mass is 10.2. The maximum atomic E-state index is 12.4. The van der Waals surface area contributed by atoms with Gasteiger partial charge in [-0.2, -0.15) is 0 Å². The summed E-state index contributed by atoms with van der Waals surface area (Å²) < 4.78 is 10.9. The maximum absolute atomic E-state index is 12.4. The number of furan rings is 1. The van der Waals surface area contributed by atoms with E-state index in [1.807, 2.05) is 0 Å². The van der Waals surface area contributed by atoms with Crippen LogP contribution in [0.25, 0.3) is 10.1 Å². The summed E-state index contributed by atoms with van der Waals surface area (Å²) in [5.74, 6) is -1.01. The molecule has 0 aliphatic rings. The number of halogens is 2. The van der Waals surface area contributed by atoms with E-state index >= 15 is 0 Å². The van der Waals surface area contributed by atoms with Gasteiger partial charge in [-0.05, 0) is 31.2 Å². The van der Waals surface area contributed by atoms with E-state index in [-0.39, 0.29) is 16.4 Å². The fourth-order valence-corrected chi connectivity index (χ4v) is 3.94. The molecule has 3 rings (SSSR count). The second kappa shape index (κ2) is 8.64. The first-order valence-corrected chi connectivity index (χ1v) is 9.62. The lowest BCUT2D eigenvalue weighted by molar-refractivity contribution is -0.127. The molecule has 1 aromatic carbocycles. The van der Waals surface area contributed by atoms with Gasteiger partial charge in [0.25, 0.3) is 5.91 Å². The normalized spacial score (nSPS) is 11.8. The number of hydrogen-bond acceptors (Lipinski definition) is 6. The van der Waals surface area contributed by atoms with E-state index in [0.29, 0.717) is 16.2 Å². The zero-order valence-electron chi connectivity index (χ0n) is 14.5. The van der Waals surface area contributed by atoms with Crippen LogP contribution in [-0.2, 0) is 16.1 Å². The van der Waals surface area contributed by atoms with Crippen LogP contribution in [0, 0.1) is 0 Å². The molecule has 3 aromatic rings. The van der Waals surface area contributed by atoms with Gasteiger partial charge in [-0.25, -0.2) is 9.59 Å². The van der Waals surface area contributed by atoms with E-state index in [9.17, 15) is 14.4 Å². The molecule has 0 fully saturated rings. The summed E-state index contributed by atoms with van der Waals surface area (Å²) in [5, 5.41) is 5.95. The third kappa shape index (κ3) is 4.64. The SMILES string of the molecule is CC(OC(=O)c1sc2cc(Cl)ccc2c1Cl)C(=O)NC(=O)NCc1ccco1. The fourth-order valence-electron chi connectivity index (χ4n) is 2.28. The molecular weight excluding hydrogens is 427 g/mol. The lowest BCUT2D eigenvalue weighted by Gasteiger charge is -2.12. The Morgan fingerprint density at radius 3 is 2.75 bits per heavy atom. The minimum absolute atomic E-state index is 0.111. The van der Waals surface area contributed by atoms with E-state index in [1.54, 1.807) is 30.3 Å². The Morgan fingerprint density at radius 1 is 1.25 bits per heavy atom. The van der Waals surface area contributed by atoms with Crippen LogP contribution in [-0.4, -0.2) is 24.0 Å². The Bertz CT molecular complexity index is 1030. The molecule has 2 heterocycles. The topological polar surface area (TPSA) is 97.6 Å². The minimum atomic E-state index is -1.20. The Kier molecular flexibility index (Phi) is 6.23. The van der Waals surface area contributed by atoms with E-state index in [0.717, 1.165) is 16.0 Å². The van der Waals surface area contributed by atoms with Crippen molar-refractivity contribution >= 4 is 62.5 Å². The van der Waals surface area contributed by atoms with Gasteiger partial charge < -0.3 is 14.5 Å². The molecule has 1 unspecified atom stereocenters. The molecule has 0 saturated heterocycles. The molecule has 0 aliphatic heterocycles. The molecule has 0 bridgehead atoms. The summed E-state index contributed by atoms with van der Waals surface area (Å²) in [7, 11) is 0. The molecule has 28 heavy (non-hydrogen) atoms. The number of thiophene rings is 1. The number of urea groups is 1. The Labute approximate surface area is 173 Å². The number of carbonyl (C=O) groups is 3. The van der Waals surface area contributed by atoms with E-state index in [2.05, 4.69) is 10.6 Å². The predicted octanol–water partition coefficient (Wildman–Crippen LogP) is 4.37. The third-order valence-corrected chi connectivity index (χ3v) is 5.54. The van der Waals surface area contributed by atoms with Crippen LogP contribution in [0.3, 0.4) is 0 Å². The average molecular weight is 441 g/mol. The van der Waals surface area contributed by atoms with Gasteiger partial charge in [-0.15, -0.1) is 11.3 Å². The van der Waals surface area contributed by atoms with Crippen LogP contribution in [0.5, 0.6) is 0 Å². The quantitative estimate of drug-likeness (QED) is 0.573. The first-order valence-electron chi connectivity index (χ1n) is 8.04. The number of carbonyl (C=O) groups excluding carboxylic acids is 3. The molecule has 0 radical (unpaired) electrons. The van der Waals surface area contributed by atoms with Gasteiger partial charge in [0.15, 0.2) is 6.10 Å². The van der Waals surface area contributed by atoms with Crippen LogP contribution in [0.4, 0.5) is 4.79 Å². The highest BCUT2D eigenvalue weighted by Gasteiger charge is 2.24. The van der Waals surface area contributed by atoms with Crippen LogP contribution >= 0.6 is 34.5 Å². The summed E-state index contributed by atoms with van der Waals surface area (Å²) >= 11 is 13.3. The van der Waals surface area contributed by atoms with Crippen molar-refractivity contribution in [1.29, 1.82) is 0 Å². The van der Waals surface area contributed by atoms with E-state index < -0.39 is 24.0 Å². The van der Waals surface area contributed by atoms with E-state index in [1.165, 1.54) is 13.2 Å². The zero-order valence-corrected chi connectivity index (χ0v) is 16.8. The van der Waals surface area contributed by atoms with E-state index in [4.69, 9.17) is 32.4 Å². The first kappa shape index (κ1) is 20.2. The number of nitrogens with one attached hydrogen (secondary N) is 2. The first-order chi connectivity index (χ1) is 13.3. The third-order valence-electron chi connectivity index (χ3n) is 3.67. The summed E-state index contributed by atoms with van der Waals surface area (Å²) in [6.07, 6.45) is 0.265. The zero-order chi connectivity index (χ0) is 20.3. The average Bonchev–Trinajstić information content (AvgIpc) is 3.27. The van der Waals surface area contributed by atoms with Crippen LogP contribution in [0.1, 0.15) is 22.4 Å². The molecule has 2 N–H and O–H groups in total. The Morgan fingerprint density at radius 2 is 2.04 bits per heavy atom. The highest BCUT2D eigenvalue weighted by atomic mass is 35.5. The van der Waals surface area contributed by atoms with Crippen molar-refractivity contribution in [2.75, 3.05) is 0 Å². The number of benzene rings is 1. The molecule has 2 aromatic heterocycles. The monoisotopic (exact) mass is 440 g/mol. The Balaban J connectivity index is 1.58. The highest BCUT2D eigenvalue weighted by Crippen LogP contribution is 2.37. The van der Waals surface area contributed by atoms with Gasteiger partial charge in [0.2, 0.25) is 0 Å². The van der Waals surface area contributed by atoms with Gasteiger partial charge in [0.05, 0.1) is 17.8 Å². The lowest BCUT2D eigenvalue weighted by Crippen LogP contribution is -2.44. The number of fused-ring (bicyclic) bond motifs is 1. The molecule has 10 heteroatoms. The van der Waals surface area contributed by atoms with Crippen molar-refractivity contribution in [3.63, 3.8) is 0 Å². The Hall–Kier alpha value is -2.55. The second-order valence-corrected chi connectivity index (χ2v) is 7.55. The summed E-state index contributed by atoms with van der Waals surface area (Å²) in [6, 6.07) is 7.66. The molecular formula is C18H14Cl2N2O5S. The van der Waals surface area contributed by atoms with Crippen molar-refractivity contribution in [1.82, 2.24) is 10.6 Å². The number of esters is 1. The smallest absolute Gasteiger partial charge is 0.350 e. The second-order valence-electron chi connectivity index (χ2n) is 5.68. The van der Waals surface area contributed by atoms with Gasteiger partial charge >= 0.3 is 12.0 Å². The number of hydrogen-bond donors (Lipinski definition) is 2. The number of amides is 3. The largest absolute Gasteiger partial charge is 0.467 e. The maximum Gasteiger partial charge on any atom is 0.350 e. The van der Waals surface area contributed by atoms with Crippen molar-refractivity contribution in [2.24, 2.45) is 0 Å². The van der Waals surface area contributed by atoms with Crippen molar-refractivity contribution < 1.29 is 23.5 Å². The molecule has 0 spiro atoms. The fraction of sp³-hybridized carbons (Fsp3) is 0.167. The summed E-state index contributed by atoms with van der Waals surface area (Å²) in [4.78, 5) is 36.4. The molecule has 146 valence electrons. The minimum Gasteiger partial charge on any atom is -0.467 e. The van der Waals surface area contributed by atoms with Gasteiger partial charge in [0.1, 0.15) is 10.6 Å². The number of ether oxygens (including phenoxy) is 1. The number of imide groups is 1. The van der Waals surface area contributed by atoms with Crippen molar-refractivity contribution in [3.8, 4) is 0 Å². The molecule has 1 atom stereocenters. The number of rotatable bonds is 5. The van der Waals surface area contributed by atoms with Crippen LogP contribution in [0.15, 0.2) is 41.0 Å². The molecule has 0 saturated carbocycles. The van der Waals surface area contributed by atoms with Crippen LogP contribution < -0.4 is 10.6 Å². The highest BCUT2D eigenvalue weighted by molar-refractivity contribution is 7.21. The van der Waals surface area contributed by atoms with Crippen LogP contribution in [0.2, 0.25) is 10.0 Å². The summed E-state index contributed by atoms with van der Waals surface area (Å²) in [5.41, 5.74) is 0. The van der Waals surface area contributed by atoms with Gasteiger partial charge in [-0.1, -0.05) is 29.3 Å². The standard InChI is InChI=1S/C18H14Cl2N2O5S/c1-9(16(23)22-18(25)21-8-11-3-2-6-26-11)27-17(24)15-14(20)12-5-4-10(19)7-13(12)28-15/h2-7,9H,8H2,1H3,(H2,21,22,23,25). The van der Waals surface area contributed by atoms with Crippen molar-refractivity contribution in [3.05, 3.63) is 57.3 Å².